The number of amides is 1. The zero-order valence-electron chi connectivity index (χ0n) is 7.63. The summed E-state index contributed by atoms with van der Waals surface area (Å²) in [6.45, 7) is 2.48. The average Bonchev–Trinajstić information content (AvgIpc) is 2.09. The number of carbonyl (C=O) groups excluding carboxylic acids is 2. The predicted molar refractivity (Wildman–Crippen MR) is 45.8 cm³/mol. The van der Waals surface area contributed by atoms with Crippen molar-refractivity contribution in [2.24, 2.45) is 0 Å². The van der Waals surface area contributed by atoms with Crippen LogP contribution in [0.1, 0.15) is 19.8 Å². The first-order valence-corrected chi connectivity index (χ1v) is 4.42. The van der Waals surface area contributed by atoms with Gasteiger partial charge in [0.05, 0.1) is 13.1 Å². The molecule has 1 aliphatic heterocycles. The second-order valence-electron chi connectivity index (χ2n) is 2.91. The van der Waals surface area contributed by atoms with Gasteiger partial charge in [-0.05, 0) is 6.42 Å². The molecule has 0 spiro atoms. The Morgan fingerprint density at radius 3 is 3.00 bits per heavy atom. The second kappa shape index (κ2) is 4.81. The van der Waals surface area contributed by atoms with Crippen LogP contribution in [0.5, 0.6) is 0 Å². The van der Waals surface area contributed by atoms with Crippen molar-refractivity contribution in [2.45, 2.75) is 26.0 Å². The van der Waals surface area contributed by atoms with Gasteiger partial charge < -0.3 is 10.1 Å². The van der Waals surface area contributed by atoms with Crippen LogP contribution < -0.4 is 10.6 Å². The van der Waals surface area contributed by atoms with Gasteiger partial charge in [-0.15, -0.1) is 0 Å². The molecule has 1 atom stereocenters. The van der Waals surface area contributed by atoms with Crippen molar-refractivity contribution >= 4 is 11.9 Å². The molecular weight excluding hydrogens is 172 g/mol. The maximum Gasteiger partial charge on any atom is 0.307 e. The Kier molecular flexibility index (Phi) is 3.70. The van der Waals surface area contributed by atoms with Crippen LogP contribution in [0.4, 0.5) is 0 Å². The summed E-state index contributed by atoms with van der Waals surface area (Å²) in [6.07, 6.45) is 0.834. The Labute approximate surface area is 76.8 Å². The van der Waals surface area contributed by atoms with Gasteiger partial charge in [-0.3, -0.25) is 14.9 Å². The van der Waals surface area contributed by atoms with Gasteiger partial charge in [0, 0.05) is 6.42 Å². The Balaban J connectivity index is 2.22. The maximum absolute atomic E-state index is 11.0. The van der Waals surface area contributed by atoms with E-state index >= 15 is 0 Å². The Morgan fingerprint density at radius 1 is 1.69 bits per heavy atom. The summed E-state index contributed by atoms with van der Waals surface area (Å²) in [5.74, 6) is -0.293. The SMILES string of the molecule is CCCC(=O)OC1CNC(=O)CN1. The van der Waals surface area contributed by atoms with Gasteiger partial charge in [0.15, 0.2) is 6.23 Å². The van der Waals surface area contributed by atoms with Crippen LogP contribution in [0.15, 0.2) is 0 Å². The third-order valence-electron chi connectivity index (χ3n) is 1.70. The van der Waals surface area contributed by atoms with E-state index in [2.05, 4.69) is 10.6 Å². The smallest absolute Gasteiger partial charge is 0.307 e. The Bertz CT molecular complexity index is 196. The fraction of sp³-hybridized carbons (Fsp3) is 0.750. The third kappa shape index (κ3) is 3.42. The van der Waals surface area contributed by atoms with E-state index in [9.17, 15) is 9.59 Å². The number of carbonyl (C=O) groups is 2. The minimum absolute atomic E-state index is 0.0669. The molecule has 1 heterocycles. The number of nitrogens with one attached hydrogen (secondary N) is 2. The molecule has 5 nitrogen and oxygen atoms in total. The quantitative estimate of drug-likeness (QED) is 0.576. The highest BCUT2D eigenvalue weighted by atomic mass is 16.6. The van der Waals surface area contributed by atoms with Gasteiger partial charge in [-0.25, -0.2) is 0 Å². The number of piperazine rings is 1. The molecule has 1 amide bonds. The molecule has 0 aromatic carbocycles. The topological polar surface area (TPSA) is 67.4 Å². The molecule has 2 N–H and O–H groups in total. The fourth-order valence-corrected chi connectivity index (χ4v) is 1.05. The molecule has 1 unspecified atom stereocenters. The van der Waals surface area contributed by atoms with E-state index in [4.69, 9.17) is 4.74 Å². The number of hydrogen-bond acceptors (Lipinski definition) is 4. The summed E-state index contributed by atoms with van der Waals surface area (Å²) >= 11 is 0. The zero-order valence-corrected chi connectivity index (χ0v) is 7.63. The molecular formula is C8H14N2O3. The lowest BCUT2D eigenvalue weighted by Crippen LogP contribution is -2.53. The summed E-state index contributed by atoms with van der Waals surface area (Å²) in [7, 11) is 0. The molecule has 0 aliphatic carbocycles. The monoisotopic (exact) mass is 186 g/mol. The number of esters is 1. The molecule has 0 bridgehead atoms. The molecule has 13 heavy (non-hydrogen) atoms. The summed E-state index contributed by atoms with van der Waals surface area (Å²) < 4.78 is 5.02. The van der Waals surface area contributed by atoms with Gasteiger partial charge in [0.1, 0.15) is 0 Å². The Morgan fingerprint density at radius 2 is 2.46 bits per heavy atom. The first-order chi connectivity index (χ1) is 6.22. The molecule has 0 radical (unpaired) electrons. The predicted octanol–water partition coefficient (Wildman–Crippen LogP) is -0.625. The highest BCUT2D eigenvalue weighted by Crippen LogP contribution is 1.96. The second-order valence-corrected chi connectivity index (χ2v) is 2.91. The van der Waals surface area contributed by atoms with E-state index in [1.807, 2.05) is 6.92 Å². The van der Waals surface area contributed by atoms with Crippen LogP contribution in [0.2, 0.25) is 0 Å². The van der Waals surface area contributed by atoms with E-state index in [0.29, 0.717) is 13.0 Å². The highest BCUT2D eigenvalue weighted by Gasteiger charge is 2.19. The van der Waals surface area contributed by atoms with Crippen molar-refractivity contribution in [1.82, 2.24) is 10.6 Å². The Hall–Kier alpha value is -1.10. The molecule has 5 heteroatoms. The van der Waals surface area contributed by atoms with Crippen LogP contribution in [0, 0.1) is 0 Å². The third-order valence-corrected chi connectivity index (χ3v) is 1.70. The van der Waals surface area contributed by atoms with Gasteiger partial charge >= 0.3 is 5.97 Å². The molecule has 1 fully saturated rings. The van der Waals surface area contributed by atoms with Gasteiger partial charge in [-0.2, -0.15) is 0 Å². The zero-order chi connectivity index (χ0) is 9.68. The first-order valence-electron chi connectivity index (χ1n) is 4.42. The molecule has 1 saturated heterocycles. The van der Waals surface area contributed by atoms with Crippen molar-refractivity contribution in [3.05, 3.63) is 0 Å². The average molecular weight is 186 g/mol. The molecule has 1 rings (SSSR count). The highest BCUT2D eigenvalue weighted by molar-refractivity contribution is 5.79. The minimum atomic E-state index is -0.364. The van der Waals surface area contributed by atoms with Gasteiger partial charge in [0.25, 0.3) is 0 Å². The first kappa shape index (κ1) is 9.98. The standard InChI is InChI=1S/C8H14N2O3/c1-2-3-8(12)13-7-5-9-6(11)4-10-7/h7,10H,2-5H2,1H3,(H,9,11). The fourth-order valence-electron chi connectivity index (χ4n) is 1.05. The lowest BCUT2D eigenvalue weighted by molar-refractivity contribution is -0.152. The van der Waals surface area contributed by atoms with Crippen molar-refractivity contribution in [3.63, 3.8) is 0 Å². The summed E-state index contributed by atoms with van der Waals surface area (Å²) in [5, 5.41) is 5.40. The van der Waals surface area contributed by atoms with Gasteiger partial charge in [0.2, 0.25) is 5.91 Å². The van der Waals surface area contributed by atoms with E-state index in [-0.39, 0.29) is 24.6 Å². The summed E-state index contributed by atoms with van der Waals surface area (Å²) in [5.41, 5.74) is 0. The summed E-state index contributed by atoms with van der Waals surface area (Å²) in [6, 6.07) is 0. The van der Waals surface area contributed by atoms with Crippen LogP contribution in [0.3, 0.4) is 0 Å². The number of rotatable bonds is 3. The molecule has 74 valence electrons. The van der Waals surface area contributed by atoms with Crippen molar-refractivity contribution < 1.29 is 14.3 Å². The minimum Gasteiger partial charge on any atom is -0.445 e. The van der Waals surface area contributed by atoms with Crippen molar-refractivity contribution in [2.75, 3.05) is 13.1 Å². The normalized spacial score (nSPS) is 22.2. The number of hydrogen-bond donors (Lipinski definition) is 2. The largest absolute Gasteiger partial charge is 0.445 e. The van der Waals surface area contributed by atoms with Crippen LogP contribution in [-0.4, -0.2) is 31.2 Å². The van der Waals surface area contributed by atoms with E-state index in [1.165, 1.54) is 0 Å². The van der Waals surface area contributed by atoms with Crippen LogP contribution in [-0.2, 0) is 14.3 Å². The van der Waals surface area contributed by atoms with E-state index < -0.39 is 0 Å². The van der Waals surface area contributed by atoms with Crippen molar-refractivity contribution in [1.29, 1.82) is 0 Å². The van der Waals surface area contributed by atoms with Crippen molar-refractivity contribution in [3.8, 4) is 0 Å². The number of ether oxygens (including phenoxy) is 1. The van der Waals surface area contributed by atoms with Crippen LogP contribution in [0.25, 0.3) is 0 Å². The maximum atomic E-state index is 11.0. The molecule has 0 saturated carbocycles. The molecule has 1 aliphatic rings. The molecule has 0 aromatic rings. The van der Waals surface area contributed by atoms with Gasteiger partial charge in [-0.1, -0.05) is 6.92 Å². The van der Waals surface area contributed by atoms with Crippen LogP contribution >= 0.6 is 0 Å². The lowest BCUT2D eigenvalue weighted by Gasteiger charge is -2.23. The lowest BCUT2D eigenvalue weighted by atomic mass is 10.3. The molecule has 0 aromatic heterocycles. The van der Waals surface area contributed by atoms with E-state index in [0.717, 1.165) is 6.42 Å². The van der Waals surface area contributed by atoms with E-state index in [1.54, 1.807) is 0 Å². The summed E-state index contributed by atoms with van der Waals surface area (Å²) in [4.78, 5) is 21.7.